The standard InChI is InChI=1S/C25H25ClN4O2/c1-3-30-15-18(21-6-4-5-7-23(21)30)12-24(31)29-22(17-8-10-19(26)11-9-17)13-20-14-25(32)28-16(2)27-20/h4-11,14-15,22H,3,12-13H2,1-2H3,(H,29,31)(H,27,28,32). The summed E-state index contributed by atoms with van der Waals surface area (Å²) in [7, 11) is 0. The first kappa shape index (κ1) is 21.8. The van der Waals surface area contributed by atoms with E-state index in [1.807, 2.05) is 36.5 Å². The van der Waals surface area contributed by atoms with E-state index in [-0.39, 0.29) is 23.9 Å². The van der Waals surface area contributed by atoms with Crippen molar-refractivity contribution in [3.05, 3.63) is 98.8 Å². The van der Waals surface area contributed by atoms with Crippen molar-refractivity contribution in [2.75, 3.05) is 0 Å². The molecule has 2 aromatic carbocycles. The molecule has 4 aromatic rings. The Morgan fingerprint density at radius 3 is 2.66 bits per heavy atom. The fourth-order valence-electron chi connectivity index (χ4n) is 4.05. The van der Waals surface area contributed by atoms with Crippen LogP contribution in [0.5, 0.6) is 0 Å². The summed E-state index contributed by atoms with van der Waals surface area (Å²) in [5.74, 6) is 0.451. The molecule has 0 radical (unpaired) electrons. The minimum Gasteiger partial charge on any atom is -0.349 e. The molecule has 2 heterocycles. The Balaban J connectivity index is 1.60. The third-order valence-corrected chi connectivity index (χ3v) is 5.75. The van der Waals surface area contributed by atoms with Gasteiger partial charge in [-0.1, -0.05) is 41.9 Å². The maximum Gasteiger partial charge on any atom is 0.251 e. The Kier molecular flexibility index (Phi) is 6.42. The molecule has 164 valence electrons. The maximum atomic E-state index is 13.1. The van der Waals surface area contributed by atoms with Crippen LogP contribution in [0.1, 0.15) is 35.6 Å². The van der Waals surface area contributed by atoms with Gasteiger partial charge in [-0.15, -0.1) is 0 Å². The topological polar surface area (TPSA) is 79.8 Å². The third-order valence-electron chi connectivity index (χ3n) is 5.50. The number of para-hydroxylation sites is 1. The number of benzene rings is 2. The average molecular weight is 449 g/mol. The lowest BCUT2D eigenvalue weighted by molar-refractivity contribution is -0.121. The van der Waals surface area contributed by atoms with Crippen molar-refractivity contribution in [3.63, 3.8) is 0 Å². The van der Waals surface area contributed by atoms with E-state index in [4.69, 9.17) is 11.6 Å². The summed E-state index contributed by atoms with van der Waals surface area (Å²) in [5, 5.41) is 4.84. The van der Waals surface area contributed by atoms with E-state index in [0.29, 0.717) is 23.0 Å². The number of aromatic amines is 1. The summed E-state index contributed by atoms with van der Waals surface area (Å²) < 4.78 is 2.15. The van der Waals surface area contributed by atoms with Crippen LogP contribution in [0.3, 0.4) is 0 Å². The molecular weight excluding hydrogens is 424 g/mol. The second kappa shape index (κ2) is 9.40. The Labute approximate surface area is 191 Å². The molecule has 1 atom stereocenters. The Bertz CT molecular complexity index is 1310. The zero-order valence-corrected chi connectivity index (χ0v) is 18.8. The normalized spacial score (nSPS) is 12.1. The van der Waals surface area contributed by atoms with E-state index in [0.717, 1.165) is 28.6 Å². The van der Waals surface area contributed by atoms with Crippen molar-refractivity contribution in [1.82, 2.24) is 19.9 Å². The number of rotatable bonds is 7. The van der Waals surface area contributed by atoms with E-state index in [9.17, 15) is 9.59 Å². The van der Waals surface area contributed by atoms with Crippen LogP contribution in [-0.4, -0.2) is 20.4 Å². The lowest BCUT2D eigenvalue weighted by atomic mass is 10.0. The summed E-state index contributed by atoms with van der Waals surface area (Å²) in [6.45, 7) is 4.66. The van der Waals surface area contributed by atoms with Crippen molar-refractivity contribution in [1.29, 1.82) is 0 Å². The molecule has 0 bridgehead atoms. The van der Waals surface area contributed by atoms with E-state index in [2.05, 4.69) is 32.8 Å². The molecule has 0 aliphatic rings. The van der Waals surface area contributed by atoms with Gasteiger partial charge in [-0.25, -0.2) is 4.98 Å². The highest BCUT2D eigenvalue weighted by Crippen LogP contribution is 2.23. The van der Waals surface area contributed by atoms with Crippen LogP contribution in [0.2, 0.25) is 5.02 Å². The number of H-pyrrole nitrogens is 1. The van der Waals surface area contributed by atoms with Crippen molar-refractivity contribution >= 4 is 28.4 Å². The zero-order chi connectivity index (χ0) is 22.7. The number of hydrogen-bond acceptors (Lipinski definition) is 3. The number of fused-ring (bicyclic) bond motifs is 1. The van der Waals surface area contributed by atoms with E-state index >= 15 is 0 Å². The molecule has 7 heteroatoms. The smallest absolute Gasteiger partial charge is 0.251 e. The van der Waals surface area contributed by atoms with Crippen molar-refractivity contribution < 1.29 is 4.79 Å². The SMILES string of the molecule is CCn1cc(CC(=O)NC(Cc2cc(=O)[nH]c(C)n2)c2ccc(Cl)cc2)c2ccccc21. The maximum absolute atomic E-state index is 13.1. The van der Waals surface area contributed by atoms with E-state index in [1.54, 1.807) is 19.1 Å². The first-order valence-electron chi connectivity index (χ1n) is 10.6. The lowest BCUT2D eigenvalue weighted by Crippen LogP contribution is -2.31. The zero-order valence-electron chi connectivity index (χ0n) is 18.1. The Hall–Kier alpha value is -3.38. The number of nitrogens with one attached hydrogen (secondary N) is 2. The fraction of sp³-hybridized carbons (Fsp3) is 0.240. The second-order valence-electron chi connectivity index (χ2n) is 7.83. The van der Waals surface area contributed by atoms with Gasteiger partial charge in [0.2, 0.25) is 5.91 Å². The summed E-state index contributed by atoms with van der Waals surface area (Å²) >= 11 is 6.06. The number of halogens is 1. The molecule has 0 aliphatic heterocycles. The van der Waals surface area contributed by atoms with Crippen molar-refractivity contribution in [3.8, 4) is 0 Å². The molecule has 0 aliphatic carbocycles. The summed E-state index contributed by atoms with van der Waals surface area (Å²) in [6.07, 6.45) is 2.71. The quantitative estimate of drug-likeness (QED) is 0.441. The summed E-state index contributed by atoms with van der Waals surface area (Å²) in [5.41, 5.74) is 3.42. The van der Waals surface area contributed by atoms with Crippen LogP contribution >= 0.6 is 11.6 Å². The molecule has 0 saturated carbocycles. The fourth-order valence-corrected chi connectivity index (χ4v) is 4.17. The van der Waals surface area contributed by atoms with Gasteiger partial charge in [-0.3, -0.25) is 9.59 Å². The highest BCUT2D eigenvalue weighted by atomic mass is 35.5. The largest absolute Gasteiger partial charge is 0.349 e. The second-order valence-corrected chi connectivity index (χ2v) is 8.27. The van der Waals surface area contributed by atoms with Gasteiger partial charge in [0.15, 0.2) is 0 Å². The molecule has 1 amide bonds. The van der Waals surface area contributed by atoms with Crippen LogP contribution in [0.25, 0.3) is 10.9 Å². The third kappa shape index (κ3) is 4.92. The summed E-state index contributed by atoms with van der Waals surface area (Å²) in [4.78, 5) is 32.1. The first-order valence-corrected chi connectivity index (χ1v) is 11.0. The minimum absolute atomic E-state index is 0.0921. The number of carbonyl (C=O) groups excluding carboxylic acids is 1. The van der Waals surface area contributed by atoms with Crippen LogP contribution in [0.15, 0.2) is 65.6 Å². The van der Waals surface area contributed by atoms with Crippen LogP contribution in [0, 0.1) is 6.92 Å². The lowest BCUT2D eigenvalue weighted by Gasteiger charge is -2.19. The van der Waals surface area contributed by atoms with Gasteiger partial charge in [-0.05, 0) is 43.2 Å². The molecule has 4 rings (SSSR count). The predicted octanol–water partition coefficient (Wildman–Crippen LogP) is 4.35. The Morgan fingerprint density at radius 2 is 1.94 bits per heavy atom. The molecule has 0 saturated heterocycles. The van der Waals surface area contributed by atoms with Crippen LogP contribution in [-0.2, 0) is 24.2 Å². The van der Waals surface area contributed by atoms with E-state index in [1.165, 1.54) is 6.07 Å². The highest BCUT2D eigenvalue weighted by molar-refractivity contribution is 6.30. The van der Waals surface area contributed by atoms with Gasteiger partial charge < -0.3 is 14.9 Å². The molecule has 0 fully saturated rings. The Morgan fingerprint density at radius 1 is 1.19 bits per heavy atom. The van der Waals surface area contributed by atoms with Crippen molar-refractivity contribution in [2.45, 2.75) is 39.3 Å². The van der Waals surface area contributed by atoms with Gasteiger partial charge in [0.1, 0.15) is 5.82 Å². The number of hydrogen-bond donors (Lipinski definition) is 2. The molecule has 6 nitrogen and oxygen atoms in total. The molecule has 32 heavy (non-hydrogen) atoms. The number of carbonyl (C=O) groups is 1. The summed E-state index contributed by atoms with van der Waals surface area (Å²) in [6, 6.07) is 16.6. The highest BCUT2D eigenvalue weighted by Gasteiger charge is 2.19. The molecule has 0 spiro atoms. The minimum atomic E-state index is -0.340. The first-order chi connectivity index (χ1) is 15.4. The number of amides is 1. The van der Waals surface area contributed by atoms with Gasteiger partial charge >= 0.3 is 0 Å². The molecule has 2 N–H and O–H groups in total. The average Bonchev–Trinajstić information content (AvgIpc) is 3.11. The molecular formula is C25H25ClN4O2. The molecule has 1 unspecified atom stereocenters. The predicted molar refractivity (Wildman–Crippen MR) is 127 cm³/mol. The van der Waals surface area contributed by atoms with Crippen LogP contribution in [0.4, 0.5) is 0 Å². The number of aromatic nitrogens is 3. The van der Waals surface area contributed by atoms with Crippen LogP contribution < -0.4 is 10.9 Å². The van der Waals surface area contributed by atoms with Gasteiger partial charge in [0, 0.05) is 41.2 Å². The van der Waals surface area contributed by atoms with Gasteiger partial charge in [0.25, 0.3) is 5.56 Å². The number of nitrogens with zero attached hydrogens (tertiary/aromatic N) is 2. The van der Waals surface area contributed by atoms with Crippen molar-refractivity contribution in [2.24, 2.45) is 0 Å². The van der Waals surface area contributed by atoms with E-state index < -0.39 is 0 Å². The van der Waals surface area contributed by atoms with Gasteiger partial charge in [-0.2, -0.15) is 0 Å². The molecule has 2 aromatic heterocycles. The van der Waals surface area contributed by atoms with Gasteiger partial charge in [0.05, 0.1) is 18.2 Å². The number of aryl methyl sites for hydroxylation is 2. The monoisotopic (exact) mass is 448 g/mol.